The number of carbonyl (C=O) groups is 1. The van der Waals surface area contributed by atoms with Gasteiger partial charge in [0, 0.05) is 17.7 Å². The smallest absolute Gasteiger partial charge is 0.273 e. The molecular formula is C17H21F2N3O2. The predicted molar refractivity (Wildman–Crippen MR) is 86.6 cm³/mol. The first kappa shape index (κ1) is 18.1. The minimum Gasteiger partial charge on any atom is -0.355 e. The maximum atomic E-state index is 13.3. The quantitative estimate of drug-likeness (QED) is 0.843. The van der Waals surface area contributed by atoms with E-state index in [2.05, 4.69) is 15.4 Å². The molecule has 1 heterocycles. The van der Waals surface area contributed by atoms with Crippen LogP contribution in [0, 0.1) is 11.6 Å². The average molecular weight is 337 g/mol. The van der Waals surface area contributed by atoms with Crippen molar-refractivity contribution in [2.45, 2.75) is 25.8 Å². The van der Waals surface area contributed by atoms with Gasteiger partial charge >= 0.3 is 0 Å². The maximum Gasteiger partial charge on any atom is 0.273 e. The molecule has 0 aliphatic carbocycles. The number of hydrogen-bond donors (Lipinski definition) is 1. The summed E-state index contributed by atoms with van der Waals surface area (Å²) in [6.07, 6.45) is 1.81. The third-order valence-corrected chi connectivity index (χ3v) is 3.57. The fourth-order valence-electron chi connectivity index (χ4n) is 2.25. The fraction of sp³-hybridized carbons (Fsp3) is 0.412. The van der Waals surface area contributed by atoms with Crippen molar-refractivity contribution in [1.29, 1.82) is 0 Å². The largest absolute Gasteiger partial charge is 0.355 e. The van der Waals surface area contributed by atoms with Crippen LogP contribution in [0.25, 0.3) is 11.3 Å². The Balaban J connectivity index is 1.96. The molecule has 0 aliphatic rings. The zero-order valence-electron chi connectivity index (χ0n) is 14.0. The average Bonchev–Trinajstić information content (AvgIpc) is 2.99. The van der Waals surface area contributed by atoms with Gasteiger partial charge in [-0.15, -0.1) is 0 Å². The molecule has 24 heavy (non-hydrogen) atoms. The Morgan fingerprint density at radius 3 is 2.71 bits per heavy atom. The minimum absolute atomic E-state index is 0.000801. The van der Waals surface area contributed by atoms with E-state index in [4.69, 9.17) is 4.52 Å². The van der Waals surface area contributed by atoms with E-state index in [1.807, 2.05) is 21.0 Å². The first-order chi connectivity index (χ1) is 11.4. The number of hydrogen-bond acceptors (Lipinski definition) is 4. The lowest BCUT2D eigenvalue weighted by atomic mass is 10.1. The van der Waals surface area contributed by atoms with Gasteiger partial charge in [-0.2, -0.15) is 0 Å². The van der Waals surface area contributed by atoms with Crippen LogP contribution in [0.2, 0.25) is 0 Å². The summed E-state index contributed by atoms with van der Waals surface area (Å²) in [6, 6.07) is 4.78. The highest BCUT2D eigenvalue weighted by Gasteiger charge is 2.16. The molecule has 0 fully saturated rings. The Morgan fingerprint density at radius 2 is 2.04 bits per heavy atom. The number of carbonyl (C=O) groups excluding carboxylic acids is 1. The van der Waals surface area contributed by atoms with Crippen LogP contribution in [0.15, 0.2) is 28.8 Å². The highest BCUT2D eigenvalue weighted by Crippen LogP contribution is 2.22. The van der Waals surface area contributed by atoms with Crippen molar-refractivity contribution in [2.24, 2.45) is 0 Å². The van der Waals surface area contributed by atoms with Gasteiger partial charge in [-0.1, -0.05) is 5.16 Å². The number of halogens is 2. The van der Waals surface area contributed by atoms with Gasteiger partial charge in [0.2, 0.25) is 0 Å². The lowest BCUT2D eigenvalue weighted by molar-refractivity contribution is 0.0928. The molecule has 1 atom stereocenters. The van der Waals surface area contributed by atoms with Gasteiger partial charge in [0.25, 0.3) is 5.91 Å². The molecule has 2 aromatic rings. The zero-order valence-corrected chi connectivity index (χ0v) is 14.0. The Kier molecular flexibility index (Phi) is 6.03. The molecule has 0 spiro atoms. The van der Waals surface area contributed by atoms with Crippen LogP contribution in [-0.2, 0) is 0 Å². The summed E-state index contributed by atoms with van der Waals surface area (Å²) in [4.78, 5) is 14.2. The summed E-state index contributed by atoms with van der Waals surface area (Å²) >= 11 is 0. The van der Waals surface area contributed by atoms with Crippen LogP contribution in [0.4, 0.5) is 8.78 Å². The van der Waals surface area contributed by atoms with Crippen molar-refractivity contribution < 1.29 is 18.1 Å². The molecule has 1 aromatic carbocycles. The second-order valence-electron chi connectivity index (χ2n) is 6.03. The van der Waals surface area contributed by atoms with Crippen molar-refractivity contribution >= 4 is 5.91 Å². The monoisotopic (exact) mass is 337 g/mol. The van der Waals surface area contributed by atoms with Crippen LogP contribution in [0.1, 0.15) is 30.3 Å². The topological polar surface area (TPSA) is 58.4 Å². The third kappa shape index (κ3) is 4.86. The number of nitrogens with one attached hydrogen (secondary N) is 1. The van der Waals surface area contributed by atoms with Crippen LogP contribution in [0.3, 0.4) is 0 Å². The Morgan fingerprint density at radius 1 is 1.29 bits per heavy atom. The molecule has 0 saturated carbocycles. The van der Waals surface area contributed by atoms with E-state index in [-0.39, 0.29) is 23.4 Å². The zero-order chi connectivity index (χ0) is 17.7. The summed E-state index contributed by atoms with van der Waals surface area (Å²) in [5.74, 6) is -2.07. The molecule has 0 aliphatic heterocycles. The maximum absolute atomic E-state index is 13.3. The fourth-order valence-corrected chi connectivity index (χ4v) is 2.25. The van der Waals surface area contributed by atoms with Crippen LogP contribution >= 0.6 is 0 Å². The van der Waals surface area contributed by atoms with E-state index in [1.165, 1.54) is 12.1 Å². The summed E-state index contributed by atoms with van der Waals surface area (Å²) in [7, 11) is 4.00. The highest BCUT2D eigenvalue weighted by atomic mass is 19.2. The number of aromatic nitrogens is 1. The van der Waals surface area contributed by atoms with Gasteiger partial charge in [0.15, 0.2) is 23.1 Å². The third-order valence-electron chi connectivity index (χ3n) is 3.57. The summed E-state index contributed by atoms with van der Waals surface area (Å²) in [5.41, 5.74) is 0.425. The second kappa shape index (κ2) is 8.01. The first-order valence-corrected chi connectivity index (χ1v) is 7.74. The van der Waals surface area contributed by atoms with Crippen LogP contribution in [0.5, 0.6) is 0 Å². The molecule has 1 aromatic heterocycles. The van der Waals surface area contributed by atoms with E-state index >= 15 is 0 Å². The Hall–Kier alpha value is -2.28. The van der Waals surface area contributed by atoms with Crippen molar-refractivity contribution in [2.75, 3.05) is 20.6 Å². The molecule has 1 unspecified atom stereocenters. The van der Waals surface area contributed by atoms with Crippen LogP contribution in [-0.4, -0.2) is 42.6 Å². The molecule has 1 amide bonds. The van der Waals surface area contributed by atoms with Crippen molar-refractivity contribution in [3.8, 4) is 11.3 Å². The van der Waals surface area contributed by atoms with Crippen molar-refractivity contribution in [1.82, 2.24) is 15.4 Å². The summed E-state index contributed by atoms with van der Waals surface area (Å²) < 4.78 is 31.3. The van der Waals surface area contributed by atoms with E-state index in [0.29, 0.717) is 5.56 Å². The molecule has 2 rings (SSSR count). The van der Waals surface area contributed by atoms with Gasteiger partial charge in [-0.25, -0.2) is 8.78 Å². The molecule has 0 radical (unpaired) electrons. The van der Waals surface area contributed by atoms with Gasteiger partial charge in [-0.05, 0) is 58.6 Å². The van der Waals surface area contributed by atoms with Gasteiger partial charge < -0.3 is 14.7 Å². The van der Waals surface area contributed by atoms with E-state index in [0.717, 1.165) is 31.5 Å². The molecule has 0 saturated heterocycles. The minimum atomic E-state index is -0.982. The summed E-state index contributed by atoms with van der Waals surface area (Å²) in [6.45, 7) is 2.87. The molecular weight excluding hydrogens is 316 g/mol. The Bertz CT molecular complexity index is 701. The van der Waals surface area contributed by atoms with Crippen LogP contribution < -0.4 is 5.32 Å². The van der Waals surface area contributed by atoms with E-state index < -0.39 is 11.6 Å². The standard InChI is InChI=1S/C17H21F2N3O2/c1-11(5-4-8-22(2)3)20-17(23)15-10-16(24-21-15)12-6-7-13(18)14(19)9-12/h6-7,9-11H,4-5,8H2,1-3H3,(H,20,23). The Labute approximate surface area is 139 Å². The molecule has 5 nitrogen and oxygen atoms in total. The lowest BCUT2D eigenvalue weighted by Crippen LogP contribution is -2.33. The lowest BCUT2D eigenvalue weighted by Gasteiger charge is -2.14. The van der Waals surface area contributed by atoms with E-state index in [1.54, 1.807) is 0 Å². The van der Waals surface area contributed by atoms with Gasteiger partial charge in [0.05, 0.1) is 0 Å². The second-order valence-corrected chi connectivity index (χ2v) is 6.03. The van der Waals surface area contributed by atoms with E-state index in [9.17, 15) is 13.6 Å². The first-order valence-electron chi connectivity index (χ1n) is 7.74. The van der Waals surface area contributed by atoms with Crippen molar-refractivity contribution in [3.05, 3.63) is 41.6 Å². The number of nitrogens with zero attached hydrogens (tertiary/aromatic N) is 2. The highest BCUT2D eigenvalue weighted by molar-refractivity contribution is 5.93. The summed E-state index contributed by atoms with van der Waals surface area (Å²) in [5, 5.41) is 6.54. The number of rotatable bonds is 7. The van der Waals surface area contributed by atoms with Crippen molar-refractivity contribution in [3.63, 3.8) is 0 Å². The number of benzene rings is 1. The normalized spacial score (nSPS) is 12.4. The van der Waals surface area contributed by atoms with Gasteiger partial charge in [0.1, 0.15) is 0 Å². The van der Waals surface area contributed by atoms with Gasteiger partial charge in [-0.3, -0.25) is 4.79 Å². The molecule has 1 N–H and O–H groups in total. The molecule has 130 valence electrons. The SMILES string of the molecule is CC(CCCN(C)C)NC(=O)c1cc(-c2ccc(F)c(F)c2)on1. The predicted octanol–water partition coefficient (Wildman–Crippen LogP) is 3.08. The number of amides is 1. The molecule has 7 heteroatoms. The molecule has 0 bridgehead atoms.